The summed E-state index contributed by atoms with van der Waals surface area (Å²) >= 11 is 6.08. The van der Waals surface area contributed by atoms with Gasteiger partial charge in [-0.05, 0) is 49.8 Å². The van der Waals surface area contributed by atoms with E-state index in [0.29, 0.717) is 5.41 Å². The summed E-state index contributed by atoms with van der Waals surface area (Å²) in [5.74, 6) is 0. The second kappa shape index (κ2) is 6.71. The lowest BCUT2D eigenvalue weighted by Gasteiger charge is -2.44. The second-order valence-electron chi connectivity index (χ2n) is 7.28. The normalized spacial score (nSPS) is 23.5. The fourth-order valence-electron chi connectivity index (χ4n) is 4.56. The highest BCUT2D eigenvalue weighted by atomic mass is 35.5. The van der Waals surface area contributed by atoms with Gasteiger partial charge in [-0.1, -0.05) is 44.0 Å². The first-order chi connectivity index (χ1) is 9.62. The lowest BCUT2D eigenvalue weighted by atomic mass is 9.77. The summed E-state index contributed by atoms with van der Waals surface area (Å²) in [6.45, 7) is 4.07. The molecule has 1 heterocycles. The molecule has 0 unspecified atom stereocenters. The number of likely N-dealkylation sites (tertiary alicyclic amines) is 1. The van der Waals surface area contributed by atoms with E-state index in [2.05, 4.69) is 31.3 Å². The highest BCUT2D eigenvalue weighted by Gasteiger charge is 2.42. The number of hydrogen-bond acceptors (Lipinski definition) is 0. The van der Waals surface area contributed by atoms with E-state index in [1.165, 1.54) is 74.6 Å². The Hall–Kier alpha value is -0.530. The maximum Gasteiger partial charge on any atom is 0.0882 e. The number of likely N-dealkylation sites (N-methyl/N-ethyl adjacent to an activating group) is 1. The molecule has 118 valence electrons. The minimum atomic E-state index is 0. The van der Waals surface area contributed by atoms with E-state index in [-0.39, 0.29) is 7.43 Å². The standard InChI is InChI=1S/C18H27ClN.CH4/c1-20(13-5-2-6-14-20)15-18(11-3-4-12-18)16-7-9-17(19)10-8-16;/h7-10H,2-6,11-15H2,1H3;1H4/q+1;. The Balaban J connectivity index is 0.00000161. The third kappa shape index (κ3) is 3.63. The largest absolute Gasteiger partial charge is 0.325 e. The summed E-state index contributed by atoms with van der Waals surface area (Å²) in [6.07, 6.45) is 9.76. The van der Waals surface area contributed by atoms with Gasteiger partial charge in [-0.25, -0.2) is 0 Å². The monoisotopic (exact) mass is 308 g/mol. The van der Waals surface area contributed by atoms with E-state index in [1.807, 2.05) is 0 Å². The van der Waals surface area contributed by atoms with Gasteiger partial charge in [0.1, 0.15) is 0 Å². The van der Waals surface area contributed by atoms with Crippen molar-refractivity contribution < 1.29 is 4.48 Å². The van der Waals surface area contributed by atoms with E-state index in [1.54, 1.807) is 0 Å². The zero-order valence-electron chi connectivity index (χ0n) is 12.7. The number of rotatable bonds is 3. The molecule has 2 fully saturated rings. The van der Waals surface area contributed by atoms with Crippen LogP contribution >= 0.6 is 11.6 Å². The Morgan fingerprint density at radius 2 is 1.52 bits per heavy atom. The molecule has 1 aliphatic carbocycles. The van der Waals surface area contributed by atoms with Crippen molar-refractivity contribution in [1.29, 1.82) is 0 Å². The highest BCUT2D eigenvalue weighted by molar-refractivity contribution is 6.30. The predicted octanol–water partition coefficient (Wildman–Crippen LogP) is 5.42. The fraction of sp³-hybridized carbons (Fsp3) is 0.684. The van der Waals surface area contributed by atoms with Gasteiger partial charge in [0.2, 0.25) is 0 Å². The third-order valence-electron chi connectivity index (χ3n) is 5.60. The Labute approximate surface area is 135 Å². The van der Waals surface area contributed by atoms with Gasteiger partial charge >= 0.3 is 0 Å². The Morgan fingerprint density at radius 3 is 2.10 bits per heavy atom. The van der Waals surface area contributed by atoms with Crippen molar-refractivity contribution in [2.45, 2.75) is 57.8 Å². The fourth-order valence-corrected chi connectivity index (χ4v) is 4.68. The van der Waals surface area contributed by atoms with Crippen LogP contribution in [-0.2, 0) is 5.41 Å². The molecule has 2 heteroatoms. The number of nitrogens with zero attached hydrogens (tertiary/aromatic N) is 1. The summed E-state index contributed by atoms with van der Waals surface area (Å²) < 4.78 is 1.28. The first kappa shape index (κ1) is 16.8. The molecule has 0 atom stereocenters. The highest BCUT2D eigenvalue weighted by Crippen LogP contribution is 2.43. The molecule has 0 radical (unpaired) electrons. The lowest BCUT2D eigenvalue weighted by molar-refractivity contribution is -0.918. The van der Waals surface area contributed by atoms with Gasteiger partial charge in [0, 0.05) is 10.4 Å². The van der Waals surface area contributed by atoms with Gasteiger partial charge in [-0.15, -0.1) is 0 Å². The van der Waals surface area contributed by atoms with Crippen LogP contribution in [0.2, 0.25) is 5.02 Å². The van der Waals surface area contributed by atoms with Crippen LogP contribution in [0.4, 0.5) is 0 Å². The predicted molar refractivity (Wildman–Crippen MR) is 93.0 cm³/mol. The molecule has 1 aromatic carbocycles. The molecule has 0 spiro atoms. The van der Waals surface area contributed by atoms with Crippen molar-refractivity contribution in [3.8, 4) is 0 Å². The second-order valence-corrected chi connectivity index (χ2v) is 7.72. The summed E-state index contributed by atoms with van der Waals surface area (Å²) in [7, 11) is 2.48. The average Bonchev–Trinajstić information content (AvgIpc) is 2.89. The van der Waals surface area contributed by atoms with Crippen molar-refractivity contribution in [3.05, 3.63) is 34.9 Å². The molecule has 1 aliphatic heterocycles. The maximum atomic E-state index is 6.08. The van der Waals surface area contributed by atoms with E-state index < -0.39 is 0 Å². The quantitative estimate of drug-likeness (QED) is 0.654. The summed E-state index contributed by atoms with van der Waals surface area (Å²) in [4.78, 5) is 0. The van der Waals surface area contributed by atoms with Crippen molar-refractivity contribution in [2.24, 2.45) is 0 Å². The van der Waals surface area contributed by atoms with Crippen LogP contribution in [0, 0.1) is 0 Å². The lowest BCUT2D eigenvalue weighted by Crippen LogP contribution is -2.54. The Bertz CT molecular complexity index is 439. The van der Waals surface area contributed by atoms with Crippen molar-refractivity contribution in [3.63, 3.8) is 0 Å². The van der Waals surface area contributed by atoms with Crippen LogP contribution in [0.25, 0.3) is 0 Å². The smallest absolute Gasteiger partial charge is 0.0882 e. The van der Waals surface area contributed by atoms with E-state index in [0.717, 1.165) is 5.02 Å². The molecule has 1 saturated heterocycles. The molecule has 2 aliphatic rings. The number of halogens is 1. The molecule has 0 N–H and O–H groups in total. The topological polar surface area (TPSA) is 0 Å². The summed E-state index contributed by atoms with van der Waals surface area (Å²) in [5, 5.41) is 0.861. The van der Waals surface area contributed by atoms with E-state index in [9.17, 15) is 0 Å². The zero-order valence-corrected chi connectivity index (χ0v) is 13.5. The third-order valence-corrected chi connectivity index (χ3v) is 5.85. The van der Waals surface area contributed by atoms with Gasteiger partial charge in [0.25, 0.3) is 0 Å². The minimum Gasteiger partial charge on any atom is -0.325 e. The molecule has 0 aromatic heterocycles. The van der Waals surface area contributed by atoms with Gasteiger partial charge in [-0.3, -0.25) is 0 Å². The Kier molecular flexibility index (Phi) is 5.38. The first-order valence-corrected chi connectivity index (χ1v) is 8.59. The van der Waals surface area contributed by atoms with Crippen LogP contribution in [0.3, 0.4) is 0 Å². The molecule has 0 bridgehead atoms. The van der Waals surface area contributed by atoms with Crippen LogP contribution < -0.4 is 0 Å². The molecule has 21 heavy (non-hydrogen) atoms. The van der Waals surface area contributed by atoms with E-state index >= 15 is 0 Å². The minimum absolute atomic E-state index is 0. The summed E-state index contributed by atoms with van der Waals surface area (Å²) in [5.41, 5.74) is 1.95. The SMILES string of the molecule is C.C[N+]1(CC2(c3ccc(Cl)cc3)CCCC2)CCCCC1. The zero-order chi connectivity index (χ0) is 14.1. The molecule has 0 amide bonds. The Morgan fingerprint density at radius 1 is 0.952 bits per heavy atom. The van der Waals surface area contributed by atoms with Crippen LogP contribution in [0.15, 0.2) is 24.3 Å². The van der Waals surface area contributed by atoms with Gasteiger partial charge in [-0.2, -0.15) is 0 Å². The molecular weight excluding hydrogens is 278 g/mol. The van der Waals surface area contributed by atoms with Crippen LogP contribution in [-0.4, -0.2) is 31.2 Å². The maximum absolute atomic E-state index is 6.08. The van der Waals surface area contributed by atoms with Crippen molar-refractivity contribution >= 4 is 11.6 Å². The molecule has 1 aromatic rings. The van der Waals surface area contributed by atoms with Crippen molar-refractivity contribution in [2.75, 3.05) is 26.7 Å². The van der Waals surface area contributed by atoms with Crippen LogP contribution in [0.5, 0.6) is 0 Å². The molecular formula is C19H31ClN+. The van der Waals surface area contributed by atoms with Gasteiger partial charge in [0.15, 0.2) is 0 Å². The van der Waals surface area contributed by atoms with Crippen molar-refractivity contribution in [1.82, 2.24) is 0 Å². The molecule has 3 rings (SSSR count). The number of hydrogen-bond donors (Lipinski definition) is 0. The number of benzene rings is 1. The van der Waals surface area contributed by atoms with Crippen LogP contribution in [0.1, 0.15) is 57.9 Å². The first-order valence-electron chi connectivity index (χ1n) is 8.22. The van der Waals surface area contributed by atoms with Gasteiger partial charge in [0.05, 0.1) is 26.7 Å². The molecule has 1 nitrogen and oxygen atoms in total. The average molecular weight is 309 g/mol. The van der Waals surface area contributed by atoms with Gasteiger partial charge < -0.3 is 4.48 Å². The summed E-state index contributed by atoms with van der Waals surface area (Å²) in [6, 6.07) is 8.72. The molecule has 1 saturated carbocycles. The van der Waals surface area contributed by atoms with E-state index in [4.69, 9.17) is 11.6 Å². The number of quaternary nitrogens is 1. The number of piperidine rings is 1.